The zero-order valence-corrected chi connectivity index (χ0v) is 14.4. The summed E-state index contributed by atoms with van der Waals surface area (Å²) >= 11 is 1.88. The Hall–Kier alpha value is -0.690. The average molecular weight is 279 g/mol. The fourth-order valence-electron chi connectivity index (χ4n) is 1.48. The second-order valence-electron chi connectivity index (χ2n) is 6.05. The third-order valence-corrected chi connectivity index (χ3v) is 5.14. The van der Waals surface area contributed by atoms with Crippen LogP contribution in [0.25, 0.3) is 0 Å². The van der Waals surface area contributed by atoms with E-state index in [1.807, 2.05) is 23.9 Å². The summed E-state index contributed by atoms with van der Waals surface area (Å²) < 4.78 is 0.252. The summed E-state index contributed by atoms with van der Waals surface area (Å²) in [5.41, 5.74) is 1.46. The highest BCUT2D eigenvalue weighted by molar-refractivity contribution is 8.04. The molecular formula is C18H30S. The van der Waals surface area contributed by atoms with Crippen molar-refractivity contribution in [3.63, 3.8) is 0 Å². The van der Waals surface area contributed by atoms with Crippen molar-refractivity contribution in [2.75, 3.05) is 0 Å². The molecule has 1 heteroatoms. The van der Waals surface area contributed by atoms with E-state index in [1.54, 1.807) is 0 Å². The van der Waals surface area contributed by atoms with Crippen LogP contribution < -0.4 is 0 Å². The Morgan fingerprint density at radius 2 is 1.53 bits per heavy atom. The minimum absolute atomic E-state index is 0.176. The second kappa shape index (κ2) is 7.79. The summed E-state index contributed by atoms with van der Waals surface area (Å²) in [6, 6.07) is 0. The van der Waals surface area contributed by atoms with Gasteiger partial charge in [0.15, 0.2) is 0 Å². The molecule has 0 aliphatic carbocycles. The van der Waals surface area contributed by atoms with Crippen molar-refractivity contribution < 1.29 is 0 Å². The van der Waals surface area contributed by atoms with E-state index in [1.165, 1.54) is 10.5 Å². The smallest absolute Gasteiger partial charge is 0.0148 e. The van der Waals surface area contributed by atoms with E-state index in [2.05, 4.69) is 66.9 Å². The molecule has 0 unspecified atom stereocenters. The highest BCUT2D eigenvalue weighted by Crippen LogP contribution is 2.36. The number of hydrogen-bond donors (Lipinski definition) is 0. The molecule has 0 N–H and O–H groups in total. The maximum absolute atomic E-state index is 3.94. The van der Waals surface area contributed by atoms with Crippen molar-refractivity contribution in [2.45, 2.75) is 59.1 Å². The molecule has 0 aliphatic heterocycles. The number of allylic oxidation sites excluding steroid dienone is 5. The molecule has 0 saturated heterocycles. The summed E-state index contributed by atoms with van der Waals surface area (Å²) in [6.45, 7) is 21.3. The minimum Gasteiger partial charge on any atom is -0.120 e. The van der Waals surface area contributed by atoms with Gasteiger partial charge in [0.2, 0.25) is 0 Å². The van der Waals surface area contributed by atoms with Crippen molar-refractivity contribution >= 4 is 11.8 Å². The molecule has 0 atom stereocenters. The van der Waals surface area contributed by atoms with Gasteiger partial charge in [-0.1, -0.05) is 72.9 Å². The maximum atomic E-state index is 3.94. The van der Waals surface area contributed by atoms with Gasteiger partial charge in [0.25, 0.3) is 0 Å². The van der Waals surface area contributed by atoms with Crippen LogP contribution in [0.5, 0.6) is 0 Å². The van der Waals surface area contributed by atoms with E-state index in [9.17, 15) is 0 Å². The molecule has 108 valence electrons. The molecule has 0 radical (unpaired) electrons. The third kappa shape index (κ3) is 6.33. The van der Waals surface area contributed by atoms with Gasteiger partial charge < -0.3 is 0 Å². The molecule has 0 heterocycles. The molecule has 0 saturated carbocycles. The summed E-state index contributed by atoms with van der Waals surface area (Å²) in [7, 11) is 0. The van der Waals surface area contributed by atoms with E-state index < -0.39 is 0 Å². The standard InChI is InChI=1S/C18H30S/c1-9-15(17(5,6)11-3)13-14-16(10-2)19-18(7,8)12-4/h9-10,13-14H,1-2,11-12H2,3-8H3/b15-13+,16-14+. The molecule has 0 spiro atoms. The van der Waals surface area contributed by atoms with Crippen molar-refractivity contribution in [1.29, 1.82) is 0 Å². The average Bonchev–Trinajstić information content (AvgIpc) is 2.37. The fraction of sp³-hybridized carbons (Fsp3) is 0.556. The molecule has 0 rings (SSSR count). The Balaban J connectivity index is 5.18. The lowest BCUT2D eigenvalue weighted by molar-refractivity contribution is 0.440. The van der Waals surface area contributed by atoms with Crippen molar-refractivity contribution in [3.05, 3.63) is 47.9 Å². The lowest BCUT2D eigenvalue weighted by Gasteiger charge is -2.24. The van der Waals surface area contributed by atoms with Gasteiger partial charge in [-0.05, 0) is 29.9 Å². The lowest BCUT2D eigenvalue weighted by Crippen LogP contribution is -2.12. The highest BCUT2D eigenvalue weighted by atomic mass is 32.2. The molecule has 0 aromatic carbocycles. The predicted octanol–water partition coefficient (Wildman–Crippen LogP) is 6.53. The van der Waals surface area contributed by atoms with Gasteiger partial charge in [0.05, 0.1) is 0 Å². The van der Waals surface area contributed by atoms with Crippen LogP contribution in [-0.4, -0.2) is 4.75 Å². The molecule has 0 amide bonds. The third-order valence-electron chi connectivity index (χ3n) is 3.76. The van der Waals surface area contributed by atoms with Gasteiger partial charge in [-0.3, -0.25) is 0 Å². The molecule has 0 bridgehead atoms. The van der Waals surface area contributed by atoms with Gasteiger partial charge in [-0.25, -0.2) is 0 Å². The van der Waals surface area contributed by atoms with Gasteiger partial charge in [0, 0.05) is 9.65 Å². The van der Waals surface area contributed by atoms with Gasteiger partial charge in [-0.2, -0.15) is 0 Å². The molecule has 0 aromatic heterocycles. The summed E-state index contributed by atoms with van der Waals surface area (Å²) in [5.74, 6) is 0. The molecule has 0 aliphatic rings. The van der Waals surface area contributed by atoms with Crippen LogP contribution in [0, 0.1) is 5.41 Å². The van der Waals surface area contributed by atoms with Gasteiger partial charge >= 0.3 is 0 Å². The number of thioether (sulfide) groups is 1. The monoisotopic (exact) mass is 278 g/mol. The van der Waals surface area contributed by atoms with E-state index in [0.29, 0.717) is 0 Å². The first kappa shape index (κ1) is 18.3. The second-order valence-corrected chi connectivity index (χ2v) is 7.83. The maximum Gasteiger partial charge on any atom is 0.0148 e. The van der Waals surface area contributed by atoms with E-state index in [-0.39, 0.29) is 10.2 Å². The van der Waals surface area contributed by atoms with E-state index in [0.717, 1.165) is 12.8 Å². The minimum atomic E-state index is 0.176. The zero-order chi connectivity index (χ0) is 15.1. The predicted molar refractivity (Wildman–Crippen MR) is 92.6 cm³/mol. The molecular weight excluding hydrogens is 248 g/mol. The van der Waals surface area contributed by atoms with Gasteiger partial charge in [0.1, 0.15) is 0 Å². The van der Waals surface area contributed by atoms with Crippen LogP contribution in [-0.2, 0) is 0 Å². The van der Waals surface area contributed by atoms with Crippen LogP contribution in [0.2, 0.25) is 0 Å². The normalized spacial score (nSPS) is 14.4. The van der Waals surface area contributed by atoms with Crippen LogP contribution in [0.3, 0.4) is 0 Å². The Morgan fingerprint density at radius 1 is 0.947 bits per heavy atom. The van der Waals surface area contributed by atoms with Crippen LogP contribution >= 0.6 is 11.8 Å². The summed E-state index contributed by atoms with van der Waals surface area (Å²) in [4.78, 5) is 1.22. The summed E-state index contributed by atoms with van der Waals surface area (Å²) in [6.07, 6.45) is 10.5. The number of hydrogen-bond acceptors (Lipinski definition) is 1. The Morgan fingerprint density at radius 3 is 1.89 bits per heavy atom. The first-order chi connectivity index (χ1) is 8.72. The van der Waals surface area contributed by atoms with Crippen LogP contribution in [0.4, 0.5) is 0 Å². The van der Waals surface area contributed by atoms with Crippen molar-refractivity contribution in [3.8, 4) is 0 Å². The first-order valence-corrected chi connectivity index (χ1v) is 7.90. The van der Waals surface area contributed by atoms with E-state index >= 15 is 0 Å². The SMILES string of the molecule is C=C/C(=C\C=C(/C=C)C(C)(C)CC)SC(C)(C)CC. The molecule has 0 nitrogen and oxygen atoms in total. The zero-order valence-electron chi connectivity index (χ0n) is 13.5. The Bertz CT molecular complexity index is 367. The van der Waals surface area contributed by atoms with Crippen molar-refractivity contribution in [2.24, 2.45) is 5.41 Å². The van der Waals surface area contributed by atoms with Crippen LogP contribution in [0.1, 0.15) is 54.4 Å². The fourth-order valence-corrected chi connectivity index (χ4v) is 2.48. The Kier molecular flexibility index (Phi) is 7.51. The topological polar surface area (TPSA) is 0 Å². The first-order valence-electron chi connectivity index (χ1n) is 7.08. The molecule has 19 heavy (non-hydrogen) atoms. The summed E-state index contributed by atoms with van der Waals surface area (Å²) in [5, 5.41) is 0. The molecule has 0 fully saturated rings. The van der Waals surface area contributed by atoms with Crippen LogP contribution in [0.15, 0.2) is 47.9 Å². The molecule has 0 aromatic rings. The number of rotatable bonds is 8. The quantitative estimate of drug-likeness (QED) is 0.455. The Labute approximate surface area is 124 Å². The van der Waals surface area contributed by atoms with E-state index in [4.69, 9.17) is 0 Å². The van der Waals surface area contributed by atoms with Crippen molar-refractivity contribution in [1.82, 2.24) is 0 Å². The highest BCUT2D eigenvalue weighted by Gasteiger charge is 2.19. The lowest BCUT2D eigenvalue weighted by atomic mass is 9.81. The largest absolute Gasteiger partial charge is 0.120 e. The van der Waals surface area contributed by atoms with Gasteiger partial charge in [-0.15, -0.1) is 11.8 Å².